The van der Waals surface area contributed by atoms with E-state index in [1.54, 1.807) is 26.4 Å². The molecule has 5 nitrogen and oxygen atoms in total. The molecule has 0 saturated heterocycles. The molecule has 1 heterocycles. The van der Waals surface area contributed by atoms with Crippen LogP contribution in [-0.4, -0.2) is 21.3 Å². The van der Waals surface area contributed by atoms with E-state index in [0.29, 0.717) is 34.5 Å². The van der Waals surface area contributed by atoms with Gasteiger partial charge in [-0.05, 0) is 17.7 Å². The van der Waals surface area contributed by atoms with Crippen molar-refractivity contribution in [3.8, 4) is 17.2 Å². The van der Waals surface area contributed by atoms with Crippen molar-refractivity contribution < 1.29 is 18.6 Å². The van der Waals surface area contributed by atoms with Crippen LogP contribution in [0.1, 0.15) is 11.1 Å². The van der Waals surface area contributed by atoms with E-state index in [1.807, 2.05) is 24.3 Å². The average Bonchev–Trinajstić information content (AvgIpc) is 2.63. The lowest BCUT2D eigenvalue weighted by atomic mass is 10.0. The molecule has 0 N–H and O–H groups in total. The lowest BCUT2D eigenvalue weighted by Crippen LogP contribution is -2.10. The van der Waals surface area contributed by atoms with Gasteiger partial charge in [0, 0.05) is 24.1 Å². The van der Waals surface area contributed by atoms with E-state index in [2.05, 4.69) is 0 Å². The van der Waals surface area contributed by atoms with E-state index in [9.17, 15) is 4.79 Å². The lowest BCUT2D eigenvalue weighted by molar-refractivity contribution is 0.396. The second kappa shape index (κ2) is 6.66. The van der Waals surface area contributed by atoms with Crippen molar-refractivity contribution in [2.24, 2.45) is 0 Å². The molecule has 0 saturated carbocycles. The summed E-state index contributed by atoms with van der Waals surface area (Å²) in [4.78, 5) is 12.8. The highest BCUT2D eigenvalue weighted by atomic mass is 16.5. The van der Waals surface area contributed by atoms with Crippen LogP contribution in [0, 0.1) is 0 Å². The molecule has 0 aliphatic heterocycles. The van der Waals surface area contributed by atoms with Gasteiger partial charge in [0.25, 0.3) is 0 Å². The third-order valence-corrected chi connectivity index (χ3v) is 3.90. The first-order valence-corrected chi connectivity index (χ1v) is 7.45. The molecule has 0 fully saturated rings. The molecule has 5 heteroatoms. The predicted molar refractivity (Wildman–Crippen MR) is 91.4 cm³/mol. The van der Waals surface area contributed by atoms with Crippen molar-refractivity contribution in [1.82, 2.24) is 0 Å². The summed E-state index contributed by atoms with van der Waals surface area (Å²) in [5.41, 5.74) is 1.90. The molecule has 0 spiro atoms. The Morgan fingerprint density at radius 3 is 2.25 bits per heavy atom. The van der Waals surface area contributed by atoms with Crippen molar-refractivity contribution >= 4 is 11.0 Å². The summed E-state index contributed by atoms with van der Waals surface area (Å²) in [7, 11) is 4.69. The molecule has 1 aromatic heterocycles. The number of ether oxygens (including phenoxy) is 3. The molecular formula is C19H18O5. The fraction of sp³-hybridized carbons (Fsp3) is 0.211. The molecule has 3 aromatic rings. The highest BCUT2D eigenvalue weighted by molar-refractivity contribution is 5.85. The zero-order valence-corrected chi connectivity index (χ0v) is 13.8. The normalized spacial score (nSPS) is 10.6. The quantitative estimate of drug-likeness (QED) is 0.719. The molecule has 24 heavy (non-hydrogen) atoms. The summed E-state index contributed by atoms with van der Waals surface area (Å²) in [6.45, 7) is 0. The molecule has 0 unspecified atom stereocenters. The van der Waals surface area contributed by atoms with Gasteiger partial charge >= 0.3 is 0 Å². The van der Waals surface area contributed by atoms with E-state index in [4.69, 9.17) is 18.6 Å². The van der Waals surface area contributed by atoms with Crippen LogP contribution < -0.4 is 19.6 Å². The number of benzene rings is 2. The van der Waals surface area contributed by atoms with Crippen molar-refractivity contribution in [2.75, 3.05) is 21.3 Å². The molecular weight excluding hydrogens is 308 g/mol. The Morgan fingerprint density at radius 1 is 0.917 bits per heavy atom. The van der Waals surface area contributed by atoms with Gasteiger partial charge in [-0.25, -0.2) is 0 Å². The maximum absolute atomic E-state index is 12.8. The summed E-state index contributed by atoms with van der Waals surface area (Å²) < 4.78 is 21.3. The minimum Gasteiger partial charge on any atom is -0.497 e. The molecule has 0 aliphatic carbocycles. The van der Waals surface area contributed by atoms with Gasteiger partial charge in [0.05, 0.1) is 27.6 Å². The van der Waals surface area contributed by atoms with Gasteiger partial charge in [-0.15, -0.1) is 0 Å². The van der Waals surface area contributed by atoms with Gasteiger partial charge < -0.3 is 18.6 Å². The molecule has 0 atom stereocenters. The molecule has 0 bridgehead atoms. The smallest absolute Gasteiger partial charge is 0.199 e. The second-order valence-electron chi connectivity index (χ2n) is 5.32. The van der Waals surface area contributed by atoms with Gasteiger partial charge in [-0.2, -0.15) is 0 Å². The number of methoxy groups -OCH3 is 3. The van der Waals surface area contributed by atoms with E-state index in [1.165, 1.54) is 13.4 Å². The van der Waals surface area contributed by atoms with Crippen molar-refractivity contribution in [3.05, 3.63) is 64.0 Å². The van der Waals surface area contributed by atoms with Crippen LogP contribution in [0.15, 0.2) is 51.9 Å². The molecule has 124 valence electrons. The minimum absolute atomic E-state index is 0.105. The number of fused-ring (bicyclic) bond motifs is 1. The Kier molecular flexibility index (Phi) is 4.42. The van der Waals surface area contributed by atoms with Gasteiger partial charge in [0.15, 0.2) is 5.43 Å². The predicted octanol–water partition coefficient (Wildman–Crippen LogP) is 3.41. The fourth-order valence-corrected chi connectivity index (χ4v) is 2.60. The molecule has 2 aromatic carbocycles. The van der Waals surface area contributed by atoms with Gasteiger partial charge in [-0.1, -0.05) is 12.1 Å². The Bertz CT molecular complexity index is 909. The monoisotopic (exact) mass is 326 g/mol. The van der Waals surface area contributed by atoms with Crippen LogP contribution in [0.5, 0.6) is 17.2 Å². The third-order valence-electron chi connectivity index (χ3n) is 3.90. The summed E-state index contributed by atoms with van der Waals surface area (Å²) in [5.74, 6) is 1.79. The van der Waals surface area contributed by atoms with Crippen molar-refractivity contribution in [2.45, 2.75) is 6.42 Å². The summed E-state index contributed by atoms with van der Waals surface area (Å²) in [6.07, 6.45) is 1.96. The van der Waals surface area contributed by atoms with Crippen molar-refractivity contribution in [1.29, 1.82) is 0 Å². The lowest BCUT2D eigenvalue weighted by Gasteiger charge is -2.09. The van der Waals surface area contributed by atoms with E-state index >= 15 is 0 Å². The van der Waals surface area contributed by atoms with Crippen LogP contribution in [0.4, 0.5) is 0 Å². The number of hydrogen-bond acceptors (Lipinski definition) is 5. The van der Waals surface area contributed by atoms with Crippen LogP contribution >= 0.6 is 0 Å². The SMILES string of the molecule is COc1ccc(Cc2coc3cc(OC)cc(OC)c3c2=O)cc1. The van der Waals surface area contributed by atoms with Gasteiger partial charge in [-0.3, -0.25) is 4.79 Å². The standard InChI is InChI=1S/C19H18O5/c1-21-14-6-4-12(5-7-14)8-13-11-24-17-10-15(22-2)9-16(23-3)18(17)19(13)20/h4-7,9-11H,8H2,1-3H3. The average molecular weight is 326 g/mol. The Hall–Kier alpha value is -2.95. The van der Waals surface area contributed by atoms with E-state index in [-0.39, 0.29) is 5.43 Å². The minimum atomic E-state index is -0.105. The Labute approximate surface area is 139 Å². The van der Waals surface area contributed by atoms with Crippen LogP contribution in [-0.2, 0) is 6.42 Å². The first-order chi connectivity index (χ1) is 11.7. The largest absolute Gasteiger partial charge is 0.497 e. The topological polar surface area (TPSA) is 57.9 Å². The molecule has 0 aliphatic rings. The molecule has 3 rings (SSSR count). The Morgan fingerprint density at radius 2 is 1.62 bits per heavy atom. The van der Waals surface area contributed by atoms with Crippen LogP contribution in [0.25, 0.3) is 11.0 Å². The maximum atomic E-state index is 12.8. The number of rotatable bonds is 5. The molecule has 0 amide bonds. The third kappa shape index (κ3) is 2.93. The summed E-state index contributed by atoms with van der Waals surface area (Å²) in [5, 5.41) is 0.421. The first-order valence-electron chi connectivity index (χ1n) is 7.45. The van der Waals surface area contributed by atoms with Crippen LogP contribution in [0.3, 0.4) is 0 Å². The zero-order chi connectivity index (χ0) is 17.1. The number of hydrogen-bond donors (Lipinski definition) is 0. The summed E-state index contributed by atoms with van der Waals surface area (Å²) in [6, 6.07) is 10.9. The van der Waals surface area contributed by atoms with Crippen LogP contribution in [0.2, 0.25) is 0 Å². The van der Waals surface area contributed by atoms with E-state index in [0.717, 1.165) is 11.3 Å². The highest BCUT2D eigenvalue weighted by Gasteiger charge is 2.14. The highest BCUT2D eigenvalue weighted by Crippen LogP contribution is 2.29. The summed E-state index contributed by atoms with van der Waals surface area (Å²) >= 11 is 0. The van der Waals surface area contributed by atoms with E-state index < -0.39 is 0 Å². The van der Waals surface area contributed by atoms with Gasteiger partial charge in [0.1, 0.15) is 28.2 Å². The zero-order valence-electron chi connectivity index (χ0n) is 13.8. The van der Waals surface area contributed by atoms with Gasteiger partial charge in [0.2, 0.25) is 0 Å². The first kappa shape index (κ1) is 15.9. The maximum Gasteiger partial charge on any atom is 0.199 e. The second-order valence-corrected chi connectivity index (χ2v) is 5.32. The molecule has 0 radical (unpaired) electrons. The fourth-order valence-electron chi connectivity index (χ4n) is 2.60. The Balaban J connectivity index is 2.06. The van der Waals surface area contributed by atoms with Crippen molar-refractivity contribution in [3.63, 3.8) is 0 Å².